The van der Waals surface area contributed by atoms with Gasteiger partial charge < -0.3 is 10.6 Å². The van der Waals surface area contributed by atoms with Gasteiger partial charge in [-0.15, -0.1) is 0 Å². The summed E-state index contributed by atoms with van der Waals surface area (Å²) < 4.78 is 53.7. The Morgan fingerprint density at radius 2 is 1.63 bits per heavy atom. The van der Waals surface area contributed by atoms with Gasteiger partial charge in [-0.1, -0.05) is 12.1 Å². The van der Waals surface area contributed by atoms with Gasteiger partial charge in [0.15, 0.2) is 17.5 Å². The largest absolute Gasteiger partial charge is 0.338 e. The number of nitrogens with zero attached hydrogens (tertiary/aromatic N) is 2. The molecule has 1 amide bonds. The van der Waals surface area contributed by atoms with Crippen LogP contribution in [0.1, 0.15) is 16.3 Å². The van der Waals surface area contributed by atoms with Crippen molar-refractivity contribution in [2.45, 2.75) is 6.92 Å². The van der Waals surface area contributed by atoms with Crippen molar-refractivity contribution in [3.8, 4) is 0 Å². The second-order valence-corrected chi connectivity index (χ2v) is 5.47. The minimum atomic E-state index is -1.70. The normalized spacial score (nSPS) is 10.6. The molecule has 1 aromatic heterocycles. The van der Waals surface area contributed by atoms with Crippen molar-refractivity contribution in [2.24, 2.45) is 0 Å². The second kappa shape index (κ2) is 7.40. The number of amides is 1. The van der Waals surface area contributed by atoms with Gasteiger partial charge in [-0.3, -0.25) is 4.79 Å². The second-order valence-electron chi connectivity index (χ2n) is 5.47. The number of hydrogen-bond acceptors (Lipinski definition) is 4. The smallest absolute Gasteiger partial charge is 0.274 e. The third-order valence-corrected chi connectivity index (χ3v) is 3.49. The molecule has 0 saturated carbocycles. The molecule has 0 radical (unpaired) electrons. The van der Waals surface area contributed by atoms with E-state index in [-0.39, 0.29) is 23.0 Å². The Morgan fingerprint density at radius 3 is 2.37 bits per heavy atom. The van der Waals surface area contributed by atoms with Crippen LogP contribution in [0.4, 0.5) is 34.8 Å². The number of aromatic nitrogens is 2. The molecule has 0 atom stereocenters. The van der Waals surface area contributed by atoms with E-state index in [1.54, 1.807) is 6.07 Å². The highest BCUT2D eigenvalue weighted by Gasteiger charge is 2.17. The van der Waals surface area contributed by atoms with Crippen molar-refractivity contribution in [1.29, 1.82) is 0 Å². The van der Waals surface area contributed by atoms with Gasteiger partial charge in [0.2, 0.25) is 0 Å². The van der Waals surface area contributed by atoms with Crippen LogP contribution in [-0.4, -0.2) is 15.9 Å². The lowest BCUT2D eigenvalue weighted by molar-refractivity contribution is 0.102. The van der Waals surface area contributed by atoms with E-state index >= 15 is 0 Å². The van der Waals surface area contributed by atoms with Gasteiger partial charge in [-0.25, -0.2) is 27.5 Å². The number of carbonyl (C=O) groups is 1. The van der Waals surface area contributed by atoms with Crippen LogP contribution < -0.4 is 10.6 Å². The van der Waals surface area contributed by atoms with E-state index in [2.05, 4.69) is 20.6 Å². The quantitative estimate of drug-likeness (QED) is 0.525. The summed E-state index contributed by atoms with van der Waals surface area (Å²) in [6.07, 6.45) is 0. The Hall–Kier alpha value is -3.49. The molecule has 138 valence electrons. The highest BCUT2D eigenvalue weighted by Crippen LogP contribution is 2.22. The van der Waals surface area contributed by atoms with Crippen molar-refractivity contribution in [3.05, 3.63) is 77.3 Å². The summed E-state index contributed by atoms with van der Waals surface area (Å²) in [5.41, 5.74) is -0.585. The molecular formula is C18H12F4N4O. The van der Waals surface area contributed by atoms with Gasteiger partial charge in [-0.2, -0.15) is 0 Å². The van der Waals surface area contributed by atoms with Crippen LogP contribution in [0.25, 0.3) is 0 Å². The number of benzene rings is 2. The van der Waals surface area contributed by atoms with E-state index in [0.29, 0.717) is 6.07 Å². The average Bonchev–Trinajstić information content (AvgIpc) is 2.63. The van der Waals surface area contributed by atoms with Gasteiger partial charge in [0.1, 0.15) is 23.2 Å². The van der Waals surface area contributed by atoms with Gasteiger partial charge in [-0.05, 0) is 31.2 Å². The Bertz CT molecular complexity index is 1030. The van der Waals surface area contributed by atoms with Crippen LogP contribution >= 0.6 is 0 Å². The van der Waals surface area contributed by atoms with Gasteiger partial charge >= 0.3 is 0 Å². The number of hydrogen-bond donors (Lipinski definition) is 2. The Morgan fingerprint density at radius 1 is 0.889 bits per heavy atom. The molecule has 0 spiro atoms. The fraction of sp³-hybridized carbons (Fsp3) is 0.0556. The predicted molar refractivity (Wildman–Crippen MR) is 90.7 cm³/mol. The molecule has 0 unspecified atom stereocenters. The summed E-state index contributed by atoms with van der Waals surface area (Å²) in [6, 6.07) is 8.63. The Kier molecular flexibility index (Phi) is 5.02. The first-order chi connectivity index (χ1) is 12.8. The maximum absolute atomic E-state index is 13.7. The molecule has 0 aliphatic heterocycles. The molecule has 5 nitrogen and oxygen atoms in total. The lowest BCUT2D eigenvalue weighted by Crippen LogP contribution is -2.17. The van der Waals surface area contributed by atoms with Crippen molar-refractivity contribution in [1.82, 2.24) is 9.97 Å². The van der Waals surface area contributed by atoms with Crippen LogP contribution in [0.15, 0.2) is 42.5 Å². The fourth-order valence-corrected chi connectivity index (χ4v) is 2.26. The zero-order chi connectivity index (χ0) is 19.6. The third-order valence-electron chi connectivity index (χ3n) is 3.49. The molecule has 3 rings (SSSR count). The summed E-state index contributed by atoms with van der Waals surface area (Å²) in [5.74, 6) is -5.69. The van der Waals surface area contributed by atoms with E-state index in [4.69, 9.17) is 0 Å². The summed E-state index contributed by atoms with van der Waals surface area (Å²) in [4.78, 5) is 20.3. The number of anilines is 3. The average molecular weight is 376 g/mol. The summed E-state index contributed by atoms with van der Waals surface area (Å²) in [7, 11) is 0. The number of aryl methyl sites for hydroxylation is 1. The molecule has 0 bridgehead atoms. The fourth-order valence-electron chi connectivity index (χ4n) is 2.26. The van der Waals surface area contributed by atoms with E-state index in [1.165, 1.54) is 31.2 Å². The first-order valence-corrected chi connectivity index (χ1v) is 7.67. The van der Waals surface area contributed by atoms with Crippen LogP contribution in [-0.2, 0) is 0 Å². The van der Waals surface area contributed by atoms with E-state index in [9.17, 15) is 22.4 Å². The molecule has 1 heterocycles. The Balaban J connectivity index is 1.86. The summed E-state index contributed by atoms with van der Waals surface area (Å²) in [5, 5.41) is 4.82. The lowest BCUT2D eigenvalue weighted by Gasteiger charge is -2.10. The molecule has 3 aromatic rings. The first-order valence-electron chi connectivity index (χ1n) is 7.67. The van der Waals surface area contributed by atoms with Crippen LogP contribution in [0.2, 0.25) is 0 Å². The van der Waals surface area contributed by atoms with E-state index in [1.807, 2.05) is 0 Å². The Labute approximate surface area is 151 Å². The van der Waals surface area contributed by atoms with Crippen LogP contribution in [0, 0.1) is 30.2 Å². The minimum absolute atomic E-state index is 0.128. The van der Waals surface area contributed by atoms with Crippen molar-refractivity contribution in [2.75, 3.05) is 10.6 Å². The number of halogens is 4. The molecule has 2 aromatic carbocycles. The van der Waals surface area contributed by atoms with E-state index < -0.39 is 34.9 Å². The molecule has 0 aliphatic rings. The maximum atomic E-state index is 13.7. The highest BCUT2D eigenvalue weighted by atomic mass is 19.2. The number of rotatable bonds is 4. The molecule has 2 N–H and O–H groups in total. The highest BCUT2D eigenvalue weighted by molar-refractivity contribution is 6.03. The van der Waals surface area contributed by atoms with Crippen LogP contribution in [0.3, 0.4) is 0 Å². The maximum Gasteiger partial charge on any atom is 0.274 e. The van der Waals surface area contributed by atoms with Gasteiger partial charge in [0.25, 0.3) is 5.91 Å². The molecular weight excluding hydrogens is 364 g/mol. The standard InChI is InChI=1S/C18H12F4N4O/c1-9-23-14(8-15(24-9)25-12-5-3-2-4-10(12)19)18(27)26-13-7-6-11(20)16(21)17(13)22/h2-8H,1H3,(H,26,27)(H,23,24,25). The number of para-hydroxylation sites is 1. The lowest BCUT2D eigenvalue weighted by atomic mass is 10.2. The monoisotopic (exact) mass is 376 g/mol. The zero-order valence-electron chi connectivity index (χ0n) is 13.9. The molecule has 27 heavy (non-hydrogen) atoms. The number of carbonyl (C=O) groups excluding carboxylic acids is 1. The van der Waals surface area contributed by atoms with Gasteiger partial charge in [0.05, 0.1) is 11.4 Å². The van der Waals surface area contributed by atoms with E-state index in [0.717, 1.165) is 6.07 Å². The SMILES string of the molecule is Cc1nc(Nc2ccccc2F)cc(C(=O)Nc2ccc(F)c(F)c2F)n1. The minimum Gasteiger partial charge on any atom is -0.338 e. The van der Waals surface area contributed by atoms with Crippen LogP contribution in [0.5, 0.6) is 0 Å². The summed E-state index contributed by atoms with van der Waals surface area (Å²) >= 11 is 0. The van der Waals surface area contributed by atoms with Crippen molar-refractivity contribution < 1.29 is 22.4 Å². The van der Waals surface area contributed by atoms with Gasteiger partial charge in [0, 0.05) is 6.07 Å². The molecule has 0 aliphatic carbocycles. The third kappa shape index (κ3) is 4.02. The first kappa shape index (κ1) is 18.3. The number of nitrogens with one attached hydrogen (secondary N) is 2. The van der Waals surface area contributed by atoms with Crippen molar-refractivity contribution >= 4 is 23.1 Å². The summed E-state index contributed by atoms with van der Waals surface area (Å²) in [6.45, 7) is 1.50. The predicted octanol–water partition coefficient (Wildman–Crippen LogP) is 4.34. The zero-order valence-corrected chi connectivity index (χ0v) is 13.9. The van der Waals surface area contributed by atoms with Crippen molar-refractivity contribution in [3.63, 3.8) is 0 Å². The molecule has 9 heteroatoms. The molecule has 0 fully saturated rings. The topological polar surface area (TPSA) is 66.9 Å². The molecule has 0 saturated heterocycles.